The van der Waals surface area contributed by atoms with E-state index >= 15 is 0 Å². The second-order valence-corrected chi connectivity index (χ2v) is 10.6. The maximum Gasteiger partial charge on any atom is 0.0555 e. The van der Waals surface area contributed by atoms with Crippen molar-refractivity contribution in [1.29, 1.82) is 0 Å². The standard InChI is InChI=1S/C33H25N/c1-33(2)29-14-8-7-13-23(29)26-16-28-27-15-24-21-11-5-3-9-19(21)20-10-4-6-12-22(20)25(24)17-31(27)34-32(28)18-30(26)33/h3-18,28,32,34H,1-2H3. The zero-order valence-corrected chi connectivity index (χ0v) is 19.4. The Labute approximate surface area is 199 Å². The molecule has 0 amide bonds. The Morgan fingerprint density at radius 1 is 0.647 bits per heavy atom. The quantitative estimate of drug-likeness (QED) is 0.241. The molecule has 0 saturated carbocycles. The maximum atomic E-state index is 3.90. The van der Waals surface area contributed by atoms with Crippen molar-refractivity contribution in [2.75, 3.05) is 5.32 Å². The van der Waals surface area contributed by atoms with Crippen molar-refractivity contribution in [3.63, 3.8) is 0 Å². The Morgan fingerprint density at radius 2 is 1.24 bits per heavy atom. The van der Waals surface area contributed by atoms with Gasteiger partial charge in [-0.2, -0.15) is 0 Å². The van der Waals surface area contributed by atoms with Crippen LogP contribution in [-0.4, -0.2) is 6.04 Å². The molecule has 1 heterocycles. The number of fused-ring (bicyclic) bond motifs is 12. The smallest absolute Gasteiger partial charge is 0.0555 e. The minimum atomic E-state index is 0.0426. The minimum Gasteiger partial charge on any atom is -0.378 e. The first-order chi connectivity index (χ1) is 16.6. The zero-order chi connectivity index (χ0) is 22.6. The maximum absolute atomic E-state index is 3.90. The average molecular weight is 436 g/mol. The molecule has 2 atom stereocenters. The van der Waals surface area contributed by atoms with Crippen molar-refractivity contribution >= 4 is 43.6 Å². The van der Waals surface area contributed by atoms with Gasteiger partial charge in [0.05, 0.1) is 6.04 Å². The largest absolute Gasteiger partial charge is 0.378 e. The highest BCUT2D eigenvalue weighted by molar-refractivity contribution is 6.26. The van der Waals surface area contributed by atoms with E-state index in [-0.39, 0.29) is 5.41 Å². The van der Waals surface area contributed by atoms with Crippen molar-refractivity contribution in [3.8, 4) is 0 Å². The average Bonchev–Trinajstić information content (AvgIpc) is 3.34. The van der Waals surface area contributed by atoms with E-state index < -0.39 is 0 Å². The van der Waals surface area contributed by atoms with Gasteiger partial charge in [-0.25, -0.2) is 0 Å². The van der Waals surface area contributed by atoms with Gasteiger partial charge in [0.25, 0.3) is 0 Å². The number of allylic oxidation sites excluding steroid dienone is 2. The molecule has 5 aromatic carbocycles. The molecule has 162 valence electrons. The first-order valence-corrected chi connectivity index (χ1v) is 12.3. The fraction of sp³-hybridized carbons (Fsp3) is 0.152. The van der Waals surface area contributed by atoms with Crippen LogP contribution in [-0.2, 0) is 5.41 Å². The molecule has 3 aliphatic rings. The first kappa shape index (κ1) is 18.6. The minimum absolute atomic E-state index is 0.0426. The van der Waals surface area contributed by atoms with Crippen LogP contribution in [0.3, 0.4) is 0 Å². The topological polar surface area (TPSA) is 12.0 Å². The summed E-state index contributed by atoms with van der Waals surface area (Å²) in [6.45, 7) is 4.74. The second-order valence-electron chi connectivity index (χ2n) is 10.6. The summed E-state index contributed by atoms with van der Waals surface area (Å²) in [4.78, 5) is 0. The summed E-state index contributed by atoms with van der Waals surface area (Å²) in [6, 6.07) is 31.8. The molecule has 0 spiro atoms. The van der Waals surface area contributed by atoms with Crippen molar-refractivity contribution in [3.05, 3.63) is 119 Å². The monoisotopic (exact) mass is 435 g/mol. The SMILES string of the molecule is CC1(C)C2=CC3Nc4cc5c6ccccc6c6ccccc6c5cc4C3C=C2c2ccccc21. The number of rotatable bonds is 0. The number of benzene rings is 5. The number of hydrogen-bond donors (Lipinski definition) is 1. The van der Waals surface area contributed by atoms with Crippen molar-refractivity contribution in [2.24, 2.45) is 0 Å². The van der Waals surface area contributed by atoms with Crippen LogP contribution in [0.5, 0.6) is 0 Å². The second kappa shape index (κ2) is 6.18. The highest BCUT2D eigenvalue weighted by Gasteiger charge is 2.43. The molecule has 0 radical (unpaired) electrons. The van der Waals surface area contributed by atoms with Crippen LogP contribution < -0.4 is 5.32 Å². The van der Waals surface area contributed by atoms with Gasteiger partial charge in [0.15, 0.2) is 0 Å². The lowest BCUT2D eigenvalue weighted by molar-refractivity contribution is 0.646. The van der Waals surface area contributed by atoms with E-state index in [1.165, 1.54) is 65.8 Å². The van der Waals surface area contributed by atoms with Gasteiger partial charge >= 0.3 is 0 Å². The summed E-state index contributed by atoms with van der Waals surface area (Å²) >= 11 is 0. The van der Waals surface area contributed by atoms with Gasteiger partial charge in [-0.1, -0.05) is 98.8 Å². The van der Waals surface area contributed by atoms with Crippen LogP contribution in [0.2, 0.25) is 0 Å². The van der Waals surface area contributed by atoms with Gasteiger partial charge < -0.3 is 5.32 Å². The van der Waals surface area contributed by atoms with Crippen LogP contribution in [0.1, 0.15) is 36.5 Å². The van der Waals surface area contributed by atoms with E-state index in [1.54, 1.807) is 0 Å². The predicted molar refractivity (Wildman–Crippen MR) is 145 cm³/mol. The molecule has 34 heavy (non-hydrogen) atoms. The summed E-state index contributed by atoms with van der Waals surface area (Å²) < 4.78 is 0. The van der Waals surface area contributed by atoms with E-state index in [0.717, 1.165) is 0 Å². The van der Waals surface area contributed by atoms with Gasteiger partial charge in [0.1, 0.15) is 0 Å². The fourth-order valence-electron chi connectivity index (χ4n) is 6.90. The van der Waals surface area contributed by atoms with Gasteiger partial charge in [-0.05, 0) is 72.3 Å². The molecule has 1 aliphatic heterocycles. The third kappa shape index (κ3) is 2.20. The van der Waals surface area contributed by atoms with Crippen LogP contribution >= 0.6 is 0 Å². The lowest BCUT2D eigenvalue weighted by Gasteiger charge is -2.28. The predicted octanol–water partition coefficient (Wildman–Crippen LogP) is 8.34. The Hall–Kier alpha value is -3.84. The van der Waals surface area contributed by atoms with Gasteiger partial charge in [-0.3, -0.25) is 0 Å². The third-order valence-corrected chi connectivity index (χ3v) is 8.53. The highest BCUT2D eigenvalue weighted by atomic mass is 15.0. The molecule has 2 unspecified atom stereocenters. The molecule has 0 aromatic heterocycles. The summed E-state index contributed by atoms with van der Waals surface area (Å²) in [5.74, 6) is 0.352. The van der Waals surface area contributed by atoms with Gasteiger partial charge in [0, 0.05) is 17.0 Å². The van der Waals surface area contributed by atoms with E-state index in [1.807, 2.05) is 0 Å². The highest BCUT2D eigenvalue weighted by Crippen LogP contribution is 2.55. The first-order valence-electron chi connectivity index (χ1n) is 12.3. The third-order valence-electron chi connectivity index (χ3n) is 8.53. The molecule has 1 nitrogen and oxygen atoms in total. The lowest BCUT2D eigenvalue weighted by Crippen LogP contribution is -2.24. The molecule has 0 saturated heterocycles. The summed E-state index contributed by atoms with van der Waals surface area (Å²) in [6.07, 6.45) is 5.06. The molecule has 0 bridgehead atoms. The van der Waals surface area contributed by atoms with Crippen LogP contribution in [0.25, 0.3) is 37.9 Å². The summed E-state index contributed by atoms with van der Waals surface area (Å²) in [5, 5.41) is 11.9. The zero-order valence-electron chi connectivity index (χ0n) is 19.4. The molecule has 2 aliphatic carbocycles. The van der Waals surface area contributed by atoms with E-state index in [9.17, 15) is 0 Å². The molecule has 8 rings (SSSR count). The van der Waals surface area contributed by atoms with E-state index in [2.05, 4.69) is 116 Å². The summed E-state index contributed by atoms with van der Waals surface area (Å²) in [5.41, 5.74) is 8.49. The van der Waals surface area contributed by atoms with Crippen LogP contribution in [0.4, 0.5) is 5.69 Å². The van der Waals surface area contributed by atoms with Crippen molar-refractivity contribution in [2.45, 2.75) is 31.2 Å². The van der Waals surface area contributed by atoms with Crippen LogP contribution in [0, 0.1) is 0 Å². The fourth-order valence-corrected chi connectivity index (χ4v) is 6.90. The van der Waals surface area contributed by atoms with E-state index in [0.29, 0.717) is 12.0 Å². The van der Waals surface area contributed by atoms with Gasteiger partial charge in [0.2, 0.25) is 0 Å². The lowest BCUT2D eigenvalue weighted by atomic mass is 9.77. The number of anilines is 1. The molecule has 5 aromatic rings. The Kier molecular flexibility index (Phi) is 3.38. The molecule has 1 heteroatoms. The van der Waals surface area contributed by atoms with Crippen molar-refractivity contribution < 1.29 is 0 Å². The van der Waals surface area contributed by atoms with Crippen molar-refractivity contribution in [1.82, 2.24) is 0 Å². The van der Waals surface area contributed by atoms with E-state index in [4.69, 9.17) is 0 Å². The molecular formula is C33H25N. The molecule has 0 fully saturated rings. The Balaban J connectivity index is 1.40. The molecular weight excluding hydrogens is 410 g/mol. The Morgan fingerprint density at radius 3 is 1.94 bits per heavy atom. The van der Waals surface area contributed by atoms with Gasteiger partial charge in [-0.15, -0.1) is 0 Å². The number of hydrogen-bond acceptors (Lipinski definition) is 1. The summed E-state index contributed by atoms with van der Waals surface area (Å²) in [7, 11) is 0. The normalized spacial score (nSPS) is 21.5. The number of nitrogens with one attached hydrogen (secondary N) is 1. The molecule has 1 N–H and O–H groups in total. The van der Waals surface area contributed by atoms with Crippen LogP contribution in [0.15, 0.2) is 103 Å². The Bertz CT molecular complexity index is 1760.